The third-order valence-corrected chi connectivity index (χ3v) is 4.54. The molecule has 0 aromatic heterocycles. The molecule has 1 aromatic rings. The van der Waals surface area contributed by atoms with Gasteiger partial charge >= 0.3 is 5.97 Å². The second kappa shape index (κ2) is 7.73. The first-order valence-electron chi connectivity index (χ1n) is 7.37. The fourth-order valence-corrected chi connectivity index (χ4v) is 2.75. The quantitative estimate of drug-likeness (QED) is 0.798. The molecule has 5 nitrogen and oxygen atoms in total. The Morgan fingerprint density at radius 2 is 1.91 bits per heavy atom. The summed E-state index contributed by atoms with van der Waals surface area (Å²) in [6, 6.07) is 7.11. The van der Waals surface area contributed by atoms with Crippen LogP contribution in [0.5, 0.6) is 5.75 Å². The molecule has 6 heteroatoms. The SMILES string of the molecule is COc1cccc(C(C)(CC(=O)O)NC(=O)CSC(C)(C)C)c1. The molecule has 0 heterocycles. The second-order valence-electron chi connectivity index (χ2n) is 6.58. The zero-order valence-electron chi connectivity index (χ0n) is 14.3. The van der Waals surface area contributed by atoms with Crippen molar-refractivity contribution in [2.45, 2.75) is 44.4 Å². The van der Waals surface area contributed by atoms with E-state index in [1.54, 1.807) is 38.3 Å². The molecule has 1 aromatic carbocycles. The number of carbonyl (C=O) groups is 2. The Bertz CT molecular complexity index is 568. The third kappa shape index (κ3) is 6.52. The molecule has 2 N–H and O–H groups in total. The molecule has 0 aliphatic carbocycles. The number of carboxylic acid groups (broad SMARTS) is 1. The van der Waals surface area contributed by atoms with Gasteiger partial charge in [0.2, 0.25) is 5.91 Å². The Morgan fingerprint density at radius 3 is 2.43 bits per heavy atom. The lowest BCUT2D eigenvalue weighted by Gasteiger charge is -2.31. The van der Waals surface area contributed by atoms with Crippen LogP contribution in [-0.4, -0.2) is 34.6 Å². The molecule has 0 radical (unpaired) electrons. The van der Waals surface area contributed by atoms with Crippen molar-refractivity contribution in [1.29, 1.82) is 0 Å². The topological polar surface area (TPSA) is 75.6 Å². The minimum atomic E-state index is -0.990. The van der Waals surface area contributed by atoms with Crippen LogP contribution < -0.4 is 10.1 Å². The summed E-state index contributed by atoms with van der Waals surface area (Å²) in [5.74, 6) is -0.254. The number of methoxy groups -OCH3 is 1. The average molecular weight is 339 g/mol. The Kier molecular flexibility index (Phi) is 6.50. The van der Waals surface area contributed by atoms with Crippen molar-refractivity contribution >= 4 is 23.6 Å². The van der Waals surface area contributed by atoms with Crippen molar-refractivity contribution in [3.63, 3.8) is 0 Å². The molecule has 0 saturated heterocycles. The molecule has 0 bridgehead atoms. The van der Waals surface area contributed by atoms with Crippen molar-refractivity contribution in [1.82, 2.24) is 5.32 Å². The minimum absolute atomic E-state index is 0.0312. The van der Waals surface area contributed by atoms with Crippen LogP contribution in [0.1, 0.15) is 39.7 Å². The van der Waals surface area contributed by atoms with Gasteiger partial charge in [-0.05, 0) is 24.6 Å². The Labute approximate surface area is 141 Å². The van der Waals surface area contributed by atoms with Gasteiger partial charge in [-0.2, -0.15) is 0 Å². The van der Waals surface area contributed by atoms with Gasteiger partial charge in [-0.1, -0.05) is 32.9 Å². The molecule has 0 aliphatic rings. The number of hydrogen-bond acceptors (Lipinski definition) is 4. The molecule has 1 unspecified atom stereocenters. The van der Waals surface area contributed by atoms with E-state index in [9.17, 15) is 14.7 Å². The van der Waals surface area contributed by atoms with Gasteiger partial charge in [0, 0.05) is 4.75 Å². The standard InChI is InChI=1S/C17H25NO4S/c1-16(2,3)23-11-14(19)18-17(4,10-15(20)21)12-7-6-8-13(9-12)22-5/h6-9H,10-11H2,1-5H3,(H,18,19)(H,20,21). The van der Waals surface area contributed by atoms with Gasteiger partial charge in [-0.25, -0.2) is 0 Å². The van der Waals surface area contributed by atoms with Crippen LogP contribution in [0.4, 0.5) is 0 Å². The van der Waals surface area contributed by atoms with E-state index >= 15 is 0 Å². The largest absolute Gasteiger partial charge is 0.497 e. The van der Waals surface area contributed by atoms with Crippen molar-refractivity contribution in [3.05, 3.63) is 29.8 Å². The number of rotatable bonds is 7. The summed E-state index contributed by atoms with van der Waals surface area (Å²) in [5.41, 5.74) is -0.288. The molecule has 128 valence electrons. The zero-order valence-corrected chi connectivity index (χ0v) is 15.1. The molecule has 1 rings (SSSR count). The lowest BCUT2D eigenvalue weighted by molar-refractivity contribution is -0.139. The number of ether oxygens (including phenoxy) is 1. The normalized spacial score (nSPS) is 14.0. The number of carbonyl (C=O) groups excluding carboxylic acids is 1. The summed E-state index contributed by atoms with van der Waals surface area (Å²) in [6.45, 7) is 7.81. The molecule has 0 fully saturated rings. The first-order chi connectivity index (χ1) is 10.6. The van der Waals surface area contributed by atoms with Crippen molar-refractivity contribution in [3.8, 4) is 5.75 Å². The van der Waals surface area contributed by atoms with Crippen LogP contribution in [0.15, 0.2) is 24.3 Å². The smallest absolute Gasteiger partial charge is 0.306 e. The highest BCUT2D eigenvalue weighted by atomic mass is 32.2. The van der Waals surface area contributed by atoms with E-state index in [4.69, 9.17) is 4.74 Å². The summed E-state index contributed by atoms with van der Waals surface area (Å²) >= 11 is 1.52. The van der Waals surface area contributed by atoms with Gasteiger partial charge in [0.1, 0.15) is 5.75 Å². The van der Waals surface area contributed by atoms with Crippen molar-refractivity contribution in [2.75, 3.05) is 12.9 Å². The number of nitrogens with one attached hydrogen (secondary N) is 1. The molecule has 0 spiro atoms. The molecular weight excluding hydrogens is 314 g/mol. The monoisotopic (exact) mass is 339 g/mol. The van der Waals surface area contributed by atoms with Crippen LogP contribution >= 0.6 is 11.8 Å². The van der Waals surface area contributed by atoms with E-state index in [0.29, 0.717) is 11.3 Å². The van der Waals surface area contributed by atoms with Gasteiger partial charge in [0.05, 0.1) is 24.8 Å². The number of benzene rings is 1. The predicted octanol–water partition coefficient (Wildman–Crippen LogP) is 3.03. The number of carboxylic acids is 1. The van der Waals surface area contributed by atoms with E-state index < -0.39 is 11.5 Å². The molecule has 1 atom stereocenters. The van der Waals surface area contributed by atoms with Crippen molar-refractivity contribution in [2.24, 2.45) is 0 Å². The fourth-order valence-electron chi connectivity index (χ4n) is 2.11. The summed E-state index contributed by atoms with van der Waals surface area (Å²) in [4.78, 5) is 23.5. The summed E-state index contributed by atoms with van der Waals surface area (Å²) in [6.07, 6.45) is -0.202. The zero-order chi connectivity index (χ0) is 17.7. The van der Waals surface area contributed by atoms with Crippen LogP contribution in [0.25, 0.3) is 0 Å². The highest BCUT2D eigenvalue weighted by molar-refractivity contribution is 8.01. The van der Waals surface area contributed by atoms with Gasteiger partial charge in [-0.3, -0.25) is 9.59 Å². The third-order valence-electron chi connectivity index (χ3n) is 3.26. The van der Waals surface area contributed by atoms with Gasteiger partial charge in [0.15, 0.2) is 0 Å². The first-order valence-corrected chi connectivity index (χ1v) is 8.35. The predicted molar refractivity (Wildman–Crippen MR) is 93.0 cm³/mol. The van der Waals surface area contributed by atoms with E-state index in [0.717, 1.165) is 0 Å². The molecular formula is C17H25NO4S. The molecule has 23 heavy (non-hydrogen) atoms. The molecule has 1 amide bonds. The van der Waals surface area contributed by atoms with Crippen LogP contribution in [-0.2, 0) is 15.1 Å². The number of hydrogen-bond donors (Lipinski definition) is 2. The fraction of sp³-hybridized carbons (Fsp3) is 0.529. The number of amides is 1. The lowest BCUT2D eigenvalue weighted by Crippen LogP contribution is -2.46. The minimum Gasteiger partial charge on any atom is -0.497 e. The van der Waals surface area contributed by atoms with E-state index in [1.165, 1.54) is 11.8 Å². The first kappa shape index (κ1) is 19.4. The summed E-state index contributed by atoms with van der Waals surface area (Å²) in [5, 5.41) is 12.1. The maximum atomic E-state index is 12.3. The van der Waals surface area contributed by atoms with Crippen LogP contribution in [0.3, 0.4) is 0 Å². The van der Waals surface area contributed by atoms with Crippen LogP contribution in [0, 0.1) is 0 Å². The van der Waals surface area contributed by atoms with Gasteiger partial charge < -0.3 is 15.2 Å². The lowest BCUT2D eigenvalue weighted by atomic mass is 9.88. The Hall–Kier alpha value is -1.69. The van der Waals surface area contributed by atoms with E-state index in [1.807, 2.05) is 20.8 Å². The maximum Gasteiger partial charge on any atom is 0.306 e. The van der Waals surface area contributed by atoms with Crippen molar-refractivity contribution < 1.29 is 19.4 Å². The highest BCUT2D eigenvalue weighted by Gasteiger charge is 2.32. The highest BCUT2D eigenvalue weighted by Crippen LogP contribution is 2.29. The Balaban J connectivity index is 2.97. The van der Waals surface area contributed by atoms with Gasteiger partial charge in [0.25, 0.3) is 0 Å². The van der Waals surface area contributed by atoms with E-state index in [-0.39, 0.29) is 22.8 Å². The maximum absolute atomic E-state index is 12.3. The molecule has 0 aliphatic heterocycles. The number of aliphatic carboxylic acids is 1. The summed E-state index contributed by atoms with van der Waals surface area (Å²) < 4.78 is 5.16. The second-order valence-corrected chi connectivity index (χ2v) is 8.39. The van der Waals surface area contributed by atoms with Crippen LogP contribution in [0.2, 0.25) is 0 Å². The van der Waals surface area contributed by atoms with E-state index in [2.05, 4.69) is 5.32 Å². The average Bonchev–Trinajstić information content (AvgIpc) is 2.43. The Morgan fingerprint density at radius 1 is 1.26 bits per heavy atom. The summed E-state index contributed by atoms with van der Waals surface area (Å²) in [7, 11) is 1.55. The molecule has 0 saturated carbocycles. The van der Waals surface area contributed by atoms with Gasteiger partial charge in [-0.15, -0.1) is 11.8 Å². The number of thioether (sulfide) groups is 1.